The maximum Gasteiger partial charge on any atom is 0.270 e. The number of hydrogen-bond acceptors (Lipinski definition) is 7. The summed E-state index contributed by atoms with van der Waals surface area (Å²) in [5.41, 5.74) is -0.110. The lowest BCUT2D eigenvalue weighted by Gasteiger charge is -2.09. The van der Waals surface area contributed by atoms with Gasteiger partial charge in [-0.15, -0.1) is 0 Å². The van der Waals surface area contributed by atoms with E-state index in [0.29, 0.717) is 0 Å². The van der Waals surface area contributed by atoms with Crippen molar-refractivity contribution in [2.45, 2.75) is 4.90 Å². The third-order valence-corrected chi connectivity index (χ3v) is 4.71. The minimum Gasteiger partial charge on any atom is -0.480 e. The molecule has 2 aromatic rings. The first-order valence-corrected chi connectivity index (χ1v) is 8.85. The van der Waals surface area contributed by atoms with Gasteiger partial charge in [0.2, 0.25) is 15.9 Å². The van der Waals surface area contributed by atoms with Crippen LogP contribution in [0.4, 0.5) is 5.69 Å². The number of amides is 1. The first-order valence-electron chi connectivity index (χ1n) is 7.36. The Morgan fingerprint density at radius 3 is 2.73 bits per heavy atom. The molecule has 0 radical (unpaired) electrons. The highest BCUT2D eigenvalue weighted by atomic mass is 32.2. The van der Waals surface area contributed by atoms with E-state index in [9.17, 15) is 23.3 Å². The molecular formula is C15H16N4O6S. The zero-order valence-corrected chi connectivity index (χ0v) is 14.5. The predicted molar refractivity (Wildman–Crippen MR) is 91.4 cm³/mol. The molecule has 1 aromatic heterocycles. The topological polar surface area (TPSA) is 141 Å². The predicted octanol–water partition coefficient (Wildman–Crippen LogP) is 0.707. The van der Waals surface area contributed by atoms with Crippen LogP contribution >= 0.6 is 0 Å². The number of nitrogens with zero attached hydrogens (tertiary/aromatic N) is 2. The number of rotatable bonds is 8. The highest BCUT2D eigenvalue weighted by Gasteiger charge is 2.17. The van der Waals surface area contributed by atoms with Gasteiger partial charge in [-0.1, -0.05) is 6.07 Å². The van der Waals surface area contributed by atoms with Gasteiger partial charge in [0.15, 0.2) is 0 Å². The average molecular weight is 380 g/mol. The van der Waals surface area contributed by atoms with Crippen LogP contribution in [0.3, 0.4) is 0 Å². The number of carbonyl (C=O) groups excluding carboxylic acids is 1. The Morgan fingerprint density at radius 2 is 2.04 bits per heavy atom. The number of methoxy groups -OCH3 is 1. The molecule has 0 bridgehead atoms. The van der Waals surface area contributed by atoms with Gasteiger partial charge in [0, 0.05) is 31.4 Å². The molecule has 0 unspecified atom stereocenters. The van der Waals surface area contributed by atoms with Gasteiger partial charge in [0.05, 0.1) is 16.9 Å². The number of ether oxygens (including phenoxy) is 1. The van der Waals surface area contributed by atoms with E-state index < -0.39 is 20.9 Å². The normalized spacial score (nSPS) is 11.0. The lowest BCUT2D eigenvalue weighted by atomic mass is 10.2. The number of aromatic nitrogens is 1. The number of non-ortho nitro benzene ring substituents is 1. The second-order valence-electron chi connectivity index (χ2n) is 4.97. The van der Waals surface area contributed by atoms with Gasteiger partial charge >= 0.3 is 0 Å². The van der Waals surface area contributed by atoms with E-state index in [-0.39, 0.29) is 35.1 Å². The number of sulfonamides is 1. The fourth-order valence-electron chi connectivity index (χ4n) is 2.03. The van der Waals surface area contributed by atoms with Crippen LogP contribution in [0.5, 0.6) is 5.88 Å². The summed E-state index contributed by atoms with van der Waals surface area (Å²) in [5, 5.41) is 13.3. The van der Waals surface area contributed by atoms with Crippen LogP contribution in [0, 0.1) is 10.1 Å². The van der Waals surface area contributed by atoms with Crippen molar-refractivity contribution in [3.05, 3.63) is 58.3 Å². The number of nitro groups is 1. The Labute approximate surface area is 149 Å². The molecule has 1 amide bonds. The van der Waals surface area contributed by atoms with Crippen molar-refractivity contribution in [3.8, 4) is 5.88 Å². The monoisotopic (exact) mass is 380 g/mol. The third kappa shape index (κ3) is 4.74. The van der Waals surface area contributed by atoms with E-state index >= 15 is 0 Å². The standard InChI is InChI=1S/C15H16N4O6S/c1-25-15-13(6-3-7-17-15)14(20)16-8-9-18-26(23,24)12-5-2-4-11(10-12)19(21)22/h2-7,10,18H,8-9H2,1H3,(H,16,20). The highest BCUT2D eigenvalue weighted by molar-refractivity contribution is 7.89. The maximum atomic E-state index is 12.1. The second-order valence-corrected chi connectivity index (χ2v) is 6.74. The molecule has 0 atom stereocenters. The Kier molecular flexibility index (Phi) is 6.20. The number of hydrogen-bond donors (Lipinski definition) is 2. The largest absolute Gasteiger partial charge is 0.480 e. The number of nitrogens with one attached hydrogen (secondary N) is 2. The molecule has 1 aromatic carbocycles. The summed E-state index contributed by atoms with van der Waals surface area (Å²) in [6, 6.07) is 7.77. The number of pyridine rings is 1. The third-order valence-electron chi connectivity index (χ3n) is 3.25. The van der Waals surface area contributed by atoms with Crippen LogP contribution < -0.4 is 14.8 Å². The lowest BCUT2D eigenvalue weighted by Crippen LogP contribution is -2.34. The van der Waals surface area contributed by atoms with Crippen LogP contribution in [-0.4, -0.2) is 44.4 Å². The molecule has 26 heavy (non-hydrogen) atoms. The van der Waals surface area contributed by atoms with Crippen LogP contribution in [-0.2, 0) is 10.0 Å². The van der Waals surface area contributed by atoms with Gasteiger partial charge in [-0.3, -0.25) is 14.9 Å². The molecule has 2 N–H and O–H groups in total. The minimum absolute atomic E-state index is 0.00500. The molecule has 2 rings (SSSR count). The Balaban J connectivity index is 1.94. The number of benzene rings is 1. The zero-order valence-electron chi connectivity index (χ0n) is 13.7. The summed E-state index contributed by atoms with van der Waals surface area (Å²) in [5.74, 6) is -0.313. The summed E-state index contributed by atoms with van der Waals surface area (Å²) >= 11 is 0. The summed E-state index contributed by atoms with van der Waals surface area (Å²) in [4.78, 5) is 25.8. The van der Waals surface area contributed by atoms with Crippen LogP contribution in [0.2, 0.25) is 0 Å². The van der Waals surface area contributed by atoms with E-state index in [2.05, 4.69) is 15.0 Å². The van der Waals surface area contributed by atoms with Gasteiger partial charge in [-0.25, -0.2) is 18.1 Å². The highest BCUT2D eigenvalue weighted by Crippen LogP contribution is 2.17. The van der Waals surface area contributed by atoms with Crippen molar-refractivity contribution >= 4 is 21.6 Å². The van der Waals surface area contributed by atoms with Gasteiger partial charge in [0.1, 0.15) is 5.56 Å². The van der Waals surface area contributed by atoms with Crippen LogP contribution in [0.15, 0.2) is 47.5 Å². The quantitative estimate of drug-likeness (QED) is 0.390. The van der Waals surface area contributed by atoms with E-state index in [1.54, 1.807) is 6.07 Å². The summed E-state index contributed by atoms with van der Waals surface area (Å²) in [6.45, 7) is -0.0929. The Morgan fingerprint density at radius 1 is 1.27 bits per heavy atom. The van der Waals surface area contributed by atoms with Gasteiger partial charge in [0.25, 0.3) is 11.6 Å². The Hall–Kier alpha value is -3.05. The SMILES string of the molecule is COc1ncccc1C(=O)NCCNS(=O)(=O)c1cccc([N+](=O)[O-])c1. The van der Waals surface area contributed by atoms with Crippen molar-refractivity contribution in [2.75, 3.05) is 20.2 Å². The van der Waals surface area contributed by atoms with E-state index in [4.69, 9.17) is 4.74 Å². The molecular weight excluding hydrogens is 364 g/mol. The molecule has 0 aliphatic heterocycles. The molecule has 138 valence electrons. The molecule has 0 aliphatic rings. The molecule has 10 nitrogen and oxygen atoms in total. The fraction of sp³-hybridized carbons (Fsp3) is 0.200. The first kappa shape index (κ1) is 19.3. The number of carbonyl (C=O) groups is 1. The van der Waals surface area contributed by atoms with Gasteiger partial charge in [-0.2, -0.15) is 0 Å². The van der Waals surface area contributed by atoms with Gasteiger partial charge in [-0.05, 0) is 18.2 Å². The summed E-state index contributed by atoms with van der Waals surface area (Å²) in [6.07, 6.45) is 1.47. The van der Waals surface area contributed by atoms with E-state index in [1.165, 1.54) is 37.6 Å². The Bertz CT molecular complexity index is 916. The molecule has 0 aliphatic carbocycles. The van der Waals surface area contributed by atoms with Gasteiger partial charge < -0.3 is 10.1 Å². The molecule has 0 fully saturated rings. The van der Waals surface area contributed by atoms with Crippen molar-refractivity contribution in [2.24, 2.45) is 0 Å². The lowest BCUT2D eigenvalue weighted by molar-refractivity contribution is -0.385. The van der Waals surface area contributed by atoms with E-state index in [1.807, 2.05) is 0 Å². The van der Waals surface area contributed by atoms with Crippen molar-refractivity contribution in [1.29, 1.82) is 0 Å². The molecule has 0 saturated heterocycles. The van der Waals surface area contributed by atoms with Crippen molar-refractivity contribution in [1.82, 2.24) is 15.0 Å². The number of nitro benzene ring substituents is 1. The minimum atomic E-state index is -3.93. The summed E-state index contributed by atoms with van der Waals surface area (Å²) in [7, 11) is -2.55. The smallest absolute Gasteiger partial charge is 0.270 e. The average Bonchev–Trinajstić information content (AvgIpc) is 2.65. The van der Waals surface area contributed by atoms with Crippen LogP contribution in [0.25, 0.3) is 0 Å². The van der Waals surface area contributed by atoms with E-state index in [0.717, 1.165) is 6.07 Å². The summed E-state index contributed by atoms with van der Waals surface area (Å²) < 4.78 is 31.5. The second kappa shape index (κ2) is 8.36. The van der Waals surface area contributed by atoms with Crippen LogP contribution in [0.1, 0.15) is 10.4 Å². The first-order chi connectivity index (χ1) is 12.3. The molecule has 1 heterocycles. The molecule has 0 saturated carbocycles. The molecule has 0 spiro atoms. The molecule has 11 heteroatoms. The maximum absolute atomic E-state index is 12.1. The fourth-order valence-corrected chi connectivity index (χ4v) is 3.10. The zero-order chi connectivity index (χ0) is 19.2. The van der Waals surface area contributed by atoms with Crippen molar-refractivity contribution < 1.29 is 22.9 Å². The van der Waals surface area contributed by atoms with Crippen molar-refractivity contribution in [3.63, 3.8) is 0 Å².